The van der Waals surface area contributed by atoms with Crippen molar-refractivity contribution in [2.75, 3.05) is 10.7 Å². The number of benzene rings is 1. The monoisotopic (exact) mass is 297 g/mol. The lowest BCUT2D eigenvalue weighted by Gasteiger charge is -2.12. The maximum absolute atomic E-state index is 13.6. The molecule has 2 aromatic rings. The Hall–Kier alpha value is -2.35. The van der Waals surface area contributed by atoms with Gasteiger partial charge < -0.3 is 10.7 Å². The first-order valence-corrected chi connectivity index (χ1v) is 6.18. The third-order valence-electron chi connectivity index (χ3n) is 2.66. The van der Waals surface area contributed by atoms with Crippen molar-refractivity contribution in [2.24, 2.45) is 5.84 Å². The van der Waals surface area contributed by atoms with Crippen LogP contribution in [0, 0.1) is 17.5 Å². The van der Waals surface area contributed by atoms with Gasteiger partial charge in [0.05, 0.1) is 5.69 Å². The second kappa shape index (κ2) is 5.96. The maximum Gasteiger partial charge on any atom is 0.182 e. The van der Waals surface area contributed by atoms with Gasteiger partial charge in [-0.1, -0.05) is 13.8 Å². The summed E-state index contributed by atoms with van der Waals surface area (Å²) in [6.45, 7) is 3.73. The van der Waals surface area contributed by atoms with Gasteiger partial charge in [-0.15, -0.1) is 0 Å². The lowest BCUT2D eigenvalue weighted by molar-refractivity contribution is 0.498. The summed E-state index contributed by atoms with van der Waals surface area (Å²) in [5.41, 5.74) is 2.00. The number of hydrogen-bond donors (Lipinski definition) is 3. The molecular formula is C13H14F3N5. The lowest BCUT2D eigenvalue weighted by Crippen LogP contribution is -2.12. The molecule has 4 N–H and O–H groups in total. The smallest absolute Gasteiger partial charge is 0.182 e. The number of hydrogen-bond acceptors (Lipinski definition) is 5. The SMILES string of the molecule is CC(C)c1nc(NN)cc(Nc2cc(F)cc(F)c2F)n1. The van der Waals surface area contributed by atoms with Crippen LogP contribution in [0.25, 0.3) is 0 Å². The maximum atomic E-state index is 13.6. The molecule has 0 amide bonds. The van der Waals surface area contributed by atoms with Crippen molar-refractivity contribution >= 4 is 17.3 Å². The van der Waals surface area contributed by atoms with Crippen molar-refractivity contribution in [3.05, 3.63) is 41.5 Å². The average molecular weight is 297 g/mol. The van der Waals surface area contributed by atoms with Gasteiger partial charge in [-0.25, -0.2) is 29.0 Å². The summed E-state index contributed by atoms with van der Waals surface area (Å²) in [4.78, 5) is 8.27. The van der Waals surface area contributed by atoms with Crippen molar-refractivity contribution in [2.45, 2.75) is 19.8 Å². The molecule has 0 unspecified atom stereocenters. The predicted octanol–water partition coefficient (Wildman–Crippen LogP) is 3.05. The zero-order chi connectivity index (χ0) is 15.6. The van der Waals surface area contributed by atoms with E-state index in [1.54, 1.807) is 0 Å². The van der Waals surface area contributed by atoms with E-state index in [0.717, 1.165) is 6.07 Å². The molecule has 0 saturated heterocycles. The van der Waals surface area contributed by atoms with E-state index >= 15 is 0 Å². The Morgan fingerprint density at radius 2 is 1.71 bits per heavy atom. The van der Waals surface area contributed by atoms with Crippen molar-refractivity contribution in [1.82, 2.24) is 9.97 Å². The molecule has 0 saturated carbocycles. The number of nitrogens with two attached hydrogens (primary N) is 1. The molecule has 0 radical (unpaired) electrons. The first-order chi connectivity index (χ1) is 9.90. The minimum absolute atomic E-state index is 0.00653. The van der Waals surface area contributed by atoms with Crippen molar-refractivity contribution in [1.29, 1.82) is 0 Å². The van der Waals surface area contributed by atoms with Crippen LogP contribution in [-0.2, 0) is 0 Å². The molecule has 1 aromatic heterocycles. The number of halogens is 3. The van der Waals surface area contributed by atoms with Crippen LogP contribution in [0.15, 0.2) is 18.2 Å². The van der Waals surface area contributed by atoms with E-state index in [0.29, 0.717) is 17.7 Å². The van der Waals surface area contributed by atoms with Crippen molar-refractivity contribution in [3.8, 4) is 0 Å². The average Bonchev–Trinajstić information content (AvgIpc) is 2.43. The highest BCUT2D eigenvalue weighted by Crippen LogP contribution is 2.24. The molecule has 112 valence electrons. The molecule has 0 aliphatic heterocycles. The molecule has 5 nitrogen and oxygen atoms in total. The van der Waals surface area contributed by atoms with E-state index in [4.69, 9.17) is 5.84 Å². The molecule has 2 rings (SSSR count). The highest BCUT2D eigenvalue weighted by molar-refractivity contribution is 5.60. The van der Waals surface area contributed by atoms with E-state index in [2.05, 4.69) is 20.7 Å². The molecule has 0 atom stereocenters. The Bertz CT molecular complexity index is 660. The van der Waals surface area contributed by atoms with Crippen molar-refractivity contribution < 1.29 is 13.2 Å². The molecule has 0 aliphatic carbocycles. The topological polar surface area (TPSA) is 75.9 Å². The summed E-state index contributed by atoms with van der Waals surface area (Å²) >= 11 is 0. The summed E-state index contributed by atoms with van der Waals surface area (Å²) in [5, 5.41) is 2.52. The summed E-state index contributed by atoms with van der Waals surface area (Å²) in [6.07, 6.45) is 0. The normalized spacial score (nSPS) is 10.8. The van der Waals surface area contributed by atoms with Crippen LogP contribution in [0.2, 0.25) is 0 Å². The van der Waals surface area contributed by atoms with Gasteiger partial charge >= 0.3 is 0 Å². The number of nitrogens with zero attached hydrogens (tertiary/aromatic N) is 2. The Morgan fingerprint density at radius 1 is 1.05 bits per heavy atom. The summed E-state index contributed by atoms with van der Waals surface area (Å²) < 4.78 is 39.9. The highest BCUT2D eigenvalue weighted by Gasteiger charge is 2.13. The molecule has 1 aromatic carbocycles. The van der Waals surface area contributed by atoms with Gasteiger partial charge in [0.25, 0.3) is 0 Å². The van der Waals surface area contributed by atoms with Gasteiger partial charge in [0, 0.05) is 24.1 Å². The van der Waals surface area contributed by atoms with E-state index in [9.17, 15) is 13.2 Å². The molecule has 1 heterocycles. The minimum Gasteiger partial charge on any atom is -0.337 e. The number of rotatable bonds is 4. The van der Waals surface area contributed by atoms with Crippen LogP contribution in [0.3, 0.4) is 0 Å². The van der Waals surface area contributed by atoms with Crippen LogP contribution in [0.4, 0.5) is 30.5 Å². The zero-order valence-electron chi connectivity index (χ0n) is 11.4. The first kappa shape index (κ1) is 15.0. The second-order valence-corrected chi connectivity index (χ2v) is 4.67. The first-order valence-electron chi connectivity index (χ1n) is 6.18. The van der Waals surface area contributed by atoms with Gasteiger partial charge in [0.2, 0.25) is 0 Å². The molecule has 0 fully saturated rings. The van der Waals surface area contributed by atoms with E-state index in [1.807, 2.05) is 13.8 Å². The van der Waals surface area contributed by atoms with Crippen molar-refractivity contribution in [3.63, 3.8) is 0 Å². The zero-order valence-corrected chi connectivity index (χ0v) is 11.4. The van der Waals surface area contributed by atoms with E-state index in [-0.39, 0.29) is 17.4 Å². The molecule has 21 heavy (non-hydrogen) atoms. The van der Waals surface area contributed by atoms with Crippen LogP contribution in [0.1, 0.15) is 25.6 Å². The number of nitrogens with one attached hydrogen (secondary N) is 2. The van der Waals surface area contributed by atoms with E-state index in [1.165, 1.54) is 6.07 Å². The van der Waals surface area contributed by atoms with Gasteiger partial charge in [-0.3, -0.25) is 0 Å². The summed E-state index contributed by atoms with van der Waals surface area (Å²) in [5.74, 6) is 2.84. The Kier molecular flexibility index (Phi) is 4.27. The predicted molar refractivity (Wildman–Crippen MR) is 73.5 cm³/mol. The van der Waals surface area contributed by atoms with Crippen LogP contribution in [-0.4, -0.2) is 9.97 Å². The largest absolute Gasteiger partial charge is 0.337 e. The summed E-state index contributed by atoms with van der Waals surface area (Å²) in [7, 11) is 0. The molecule has 0 spiro atoms. The Balaban J connectivity index is 2.41. The molecule has 0 bridgehead atoms. The highest BCUT2D eigenvalue weighted by atomic mass is 19.2. The number of hydrazine groups is 1. The number of anilines is 3. The molecule has 0 aliphatic rings. The van der Waals surface area contributed by atoms with Gasteiger partial charge in [-0.05, 0) is 0 Å². The van der Waals surface area contributed by atoms with Gasteiger partial charge in [0.15, 0.2) is 11.6 Å². The lowest BCUT2D eigenvalue weighted by atomic mass is 10.2. The molecule has 8 heteroatoms. The Morgan fingerprint density at radius 3 is 2.33 bits per heavy atom. The fourth-order valence-corrected chi connectivity index (χ4v) is 1.65. The van der Waals surface area contributed by atoms with Crippen LogP contribution < -0.4 is 16.6 Å². The number of nitrogen functional groups attached to an aromatic ring is 1. The standard InChI is InChI=1S/C13H14F3N5/c1-6(2)13-19-10(5-11(20-13)21-17)18-9-4-7(14)3-8(15)12(9)16/h3-6H,17H2,1-2H3,(H2,18,19,20,21). The van der Waals surface area contributed by atoms with Gasteiger partial charge in [-0.2, -0.15) is 0 Å². The minimum atomic E-state index is -1.28. The second-order valence-electron chi connectivity index (χ2n) is 4.67. The summed E-state index contributed by atoms with van der Waals surface area (Å²) in [6, 6.07) is 2.70. The van der Waals surface area contributed by atoms with Gasteiger partial charge in [0.1, 0.15) is 23.3 Å². The van der Waals surface area contributed by atoms with Crippen LogP contribution >= 0.6 is 0 Å². The number of aromatic nitrogens is 2. The molecular weight excluding hydrogens is 283 g/mol. The third-order valence-corrected chi connectivity index (χ3v) is 2.66. The fourth-order valence-electron chi connectivity index (χ4n) is 1.65. The van der Waals surface area contributed by atoms with Crippen LogP contribution in [0.5, 0.6) is 0 Å². The Labute approximate surface area is 119 Å². The van der Waals surface area contributed by atoms with E-state index < -0.39 is 17.5 Å². The fraction of sp³-hybridized carbons (Fsp3) is 0.231. The quantitative estimate of drug-likeness (QED) is 0.459. The third kappa shape index (κ3) is 3.40.